The molecule has 2 aromatic rings. The van der Waals surface area contributed by atoms with Gasteiger partial charge in [-0.1, -0.05) is 26.0 Å². The summed E-state index contributed by atoms with van der Waals surface area (Å²) in [6, 6.07) is 14.0. The predicted octanol–water partition coefficient (Wildman–Crippen LogP) is 3.59. The SMILES string of the molecule is COc1ccc(/C=C/C(=O)NNC(=O)c2ccc(OCCC(C)C)cc2)cc1. The van der Waals surface area contributed by atoms with E-state index in [1.165, 1.54) is 6.08 Å². The van der Waals surface area contributed by atoms with E-state index in [1.807, 2.05) is 12.1 Å². The van der Waals surface area contributed by atoms with Crippen molar-refractivity contribution in [3.05, 3.63) is 65.7 Å². The Balaban J connectivity index is 1.78. The zero-order chi connectivity index (χ0) is 20.4. The van der Waals surface area contributed by atoms with Crippen molar-refractivity contribution in [2.45, 2.75) is 20.3 Å². The Labute approximate surface area is 165 Å². The van der Waals surface area contributed by atoms with Crippen LogP contribution in [-0.2, 0) is 4.79 Å². The molecule has 0 aliphatic rings. The number of hydrogen-bond donors (Lipinski definition) is 2. The van der Waals surface area contributed by atoms with Crippen molar-refractivity contribution in [1.29, 1.82) is 0 Å². The Kier molecular flexibility index (Phi) is 8.09. The summed E-state index contributed by atoms with van der Waals surface area (Å²) in [7, 11) is 1.59. The van der Waals surface area contributed by atoms with Gasteiger partial charge in [-0.3, -0.25) is 20.4 Å². The van der Waals surface area contributed by atoms with Crippen LogP contribution in [0.3, 0.4) is 0 Å². The minimum atomic E-state index is -0.433. The van der Waals surface area contributed by atoms with Gasteiger partial charge in [0.05, 0.1) is 13.7 Å². The topological polar surface area (TPSA) is 76.7 Å². The van der Waals surface area contributed by atoms with Crippen LogP contribution in [0.25, 0.3) is 6.08 Å². The number of hydrazine groups is 1. The van der Waals surface area contributed by atoms with Crippen LogP contribution in [-0.4, -0.2) is 25.5 Å². The number of nitrogens with one attached hydrogen (secondary N) is 2. The van der Waals surface area contributed by atoms with Gasteiger partial charge in [-0.2, -0.15) is 0 Å². The quantitative estimate of drug-likeness (QED) is 0.540. The molecule has 0 fully saturated rings. The third-order valence-corrected chi connectivity index (χ3v) is 3.92. The molecule has 2 rings (SSSR count). The van der Waals surface area contributed by atoms with E-state index in [4.69, 9.17) is 9.47 Å². The maximum Gasteiger partial charge on any atom is 0.269 e. The number of hydrogen-bond acceptors (Lipinski definition) is 4. The third-order valence-electron chi connectivity index (χ3n) is 3.92. The van der Waals surface area contributed by atoms with Crippen molar-refractivity contribution in [2.24, 2.45) is 5.92 Å². The first-order valence-corrected chi connectivity index (χ1v) is 9.13. The average Bonchev–Trinajstić information content (AvgIpc) is 2.71. The minimum Gasteiger partial charge on any atom is -0.497 e. The van der Waals surface area contributed by atoms with Gasteiger partial charge in [-0.25, -0.2) is 0 Å². The Hall–Kier alpha value is -3.28. The van der Waals surface area contributed by atoms with Crippen LogP contribution in [0.1, 0.15) is 36.2 Å². The molecule has 6 nitrogen and oxygen atoms in total. The highest BCUT2D eigenvalue weighted by atomic mass is 16.5. The van der Waals surface area contributed by atoms with Crippen LogP contribution < -0.4 is 20.3 Å². The van der Waals surface area contributed by atoms with E-state index in [-0.39, 0.29) is 0 Å². The molecule has 2 N–H and O–H groups in total. The molecule has 28 heavy (non-hydrogen) atoms. The van der Waals surface area contributed by atoms with Gasteiger partial charge < -0.3 is 9.47 Å². The summed E-state index contributed by atoms with van der Waals surface area (Å²) in [5, 5.41) is 0. The molecule has 0 radical (unpaired) electrons. The fourth-order valence-corrected chi connectivity index (χ4v) is 2.23. The molecule has 0 heterocycles. The first-order valence-electron chi connectivity index (χ1n) is 9.13. The molecule has 2 aromatic carbocycles. The highest BCUT2D eigenvalue weighted by molar-refractivity contribution is 5.97. The number of methoxy groups -OCH3 is 1. The second kappa shape index (κ2) is 10.8. The van der Waals surface area contributed by atoms with E-state index < -0.39 is 11.8 Å². The fourth-order valence-electron chi connectivity index (χ4n) is 2.23. The molecule has 0 saturated carbocycles. The Bertz CT molecular complexity index is 796. The first kappa shape index (κ1) is 21.0. The van der Waals surface area contributed by atoms with Crippen molar-refractivity contribution >= 4 is 17.9 Å². The third kappa shape index (κ3) is 7.15. The van der Waals surface area contributed by atoms with Crippen LogP contribution in [0.5, 0.6) is 11.5 Å². The number of carbonyl (C=O) groups is 2. The lowest BCUT2D eigenvalue weighted by molar-refractivity contribution is -0.117. The maximum atomic E-state index is 12.1. The van der Waals surface area contributed by atoms with Crippen LogP contribution in [0, 0.1) is 5.92 Å². The zero-order valence-electron chi connectivity index (χ0n) is 16.4. The Morgan fingerprint density at radius 3 is 2.21 bits per heavy atom. The van der Waals surface area contributed by atoms with Gasteiger partial charge in [0.1, 0.15) is 11.5 Å². The summed E-state index contributed by atoms with van der Waals surface area (Å²) in [4.78, 5) is 23.9. The summed E-state index contributed by atoms with van der Waals surface area (Å²) in [6.45, 7) is 4.91. The molecule has 2 amide bonds. The van der Waals surface area contributed by atoms with Crippen molar-refractivity contribution < 1.29 is 19.1 Å². The molecule has 0 aliphatic carbocycles. The molecule has 0 atom stereocenters. The normalized spacial score (nSPS) is 10.7. The van der Waals surface area contributed by atoms with Gasteiger partial charge in [-0.05, 0) is 60.4 Å². The van der Waals surface area contributed by atoms with Crippen LogP contribution >= 0.6 is 0 Å². The van der Waals surface area contributed by atoms with E-state index in [1.54, 1.807) is 49.6 Å². The molecule has 148 valence electrons. The lowest BCUT2D eigenvalue weighted by atomic mass is 10.1. The van der Waals surface area contributed by atoms with Crippen molar-refractivity contribution in [2.75, 3.05) is 13.7 Å². The second-order valence-electron chi connectivity index (χ2n) is 6.61. The molecule has 0 aliphatic heterocycles. The van der Waals surface area contributed by atoms with Crippen molar-refractivity contribution in [3.63, 3.8) is 0 Å². The van der Waals surface area contributed by atoms with Crippen LogP contribution in [0.15, 0.2) is 54.6 Å². The van der Waals surface area contributed by atoms with E-state index in [0.717, 1.165) is 17.7 Å². The number of carbonyl (C=O) groups excluding carboxylic acids is 2. The number of amides is 2. The van der Waals surface area contributed by atoms with Crippen LogP contribution in [0.2, 0.25) is 0 Å². The summed E-state index contributed by atoms with van der Waals surface area (Å²) < 4.78 is 10.7. The van der Waals surface area contributed by atoms with E-state index in [9.17, 15) is 9.59 Å². The Morgan fingerprint density at radius 1 is 0.964 bits per heavy atom. The smallest absolute Gasteiger partial charge is 0.269 e. The van der Waals surface area contributed by atoms with Gasteiger partial charge in [0.15, 0.2) is 0 Å². The van der Waals surface area contributed by atoms with Crippen LogP contribution in [0.4, 0.5) is 0 Å². The van der Waals surface area contributed by atoms with E-state index in [2.05, 4.69) is 24.7 Å². The summed E-state index contributed by atoms with van der Waals surface area (Å²) in [5.41, 5.74) is 6.00. The number of ether oxygens (including phenoxy) is 2. The van der Waals surface area contributed by atoms with Crippen molar-refractivity contribution in [3.8, 4) is 11.5 Å². The number of rotatable bonds is 8. The largest absolute Gasteiger partial charge is 0.497 e. The van der Waals surface area contributed by atoms with Gasteiger partial charge in [0, 0.05) is 11.6 Å². The fraction of sp³-hybridized carbons (Fsp3) is 0.273. The summed E-state index contributed by atoms with van der Waals surface area (Å²) in [5.74, 6) is 1.19. The van der Waals surface area contributed by atoms with Crippen molar-refractivity contribution in [1.82, 2.24) is 10.9 Å². The van der Waals surface area contributed by atoms with Gasteiger partial charge in [-0.15, -0.1) is 0 Å². The lowest BCUT2D eigenvalue weighted by Crippen LogP contribution is -2.40. The Morgan fingerprint density at radius 2 is 1.61 bits per heavy atom. The second-order valence-corrected chi connectivity index (χ2v) is 6.61. The highest BCUT2D eigenvalue weighted by Gasteiger charge is 2.06. The highest BCUT2D eigenvalue weighted by Crippen LogP contribution is 2.14. The molecule has 6 heteroatoms. The number of benzene rings is 2. The molecule has 0 aromatic heterocycles. The van der Waals surface area contributed by atoms with Gasteiger partial charge in [0.2, 0.25) is 0 Å². The monoisotopic (exact) mass is 382 g/mol. The van der Waals surface area contributed by atoms with Gasteiger partial charge >= 0.3 is 0 Å². The predicted molar refractivity (Wildman–Crippen MR) is 109 cm³/mol. The molecular formula is C22H26N2O4. The van der Waals surface area contributed by atoms with E-state index in [0.29, 0.717) is 23.8 Å². The first-order chi connectivity index (χ1) is 13.5. The van der Waals surface area contributed by atoms with E-state index >= 15 is 0 Å². The standard InChI is InChI=1S/C22H26N2O4/c1-16(2)14-15-28-20-11-7-18(8-12-20)22(26)24-23-21(25)13-6-17-4-9-19(27-3)10-5-17/h4-13,16H,14-15H2,1-3H3,(H,23,25)(H,24,26)/b13-6+. The van der Waals surface area contributed by atoms with Gasteiger partial charge in [0.25, 0.3) is 11.8 Å². The summed E-state index contributed by atoms with van der Waals surface area (Å²) in [6.07, 6.45) is 3.95. The zero-order valence-corrected chi connectivity index (χ0v) is 16.4. The molecule has 0 bridgehead atoms. The molecule has 0 spiro atoms. The molecular weight excluding hydrogens is 356 g/mol. The maximum absolute atomic E-state index is 12.1. The lowest BCUT2D eigenvalue weighted by Gasteiger charge is -2.09. The molecule has 0 saturated heterocycles. The average molecular weight is 382 g/mol. The molecule has 0 unspecified atom stereocenters. The summed E-state index contributed by atoms with van der Waals surface area (Å²) >= 11 is 0. The minimum absolute atomic E-state index is 0.403.